The number of nitrogens with one attached hydrogen (secondary N) is 1. The van der Waals surface area contributed by atoms with Gasteiger partial charge in [0.25, 0.3) is 5.91 Å². The Hall–Kier alpha value is -3.87. The quantitative estimate of drug-likeness (QED) is 0.513. The number of hydrogen-bond donors (Lipinski definition) is 1. The molecule has 0 saturated carbocycles. The number of amides is 2. The Labute approximate surface area is 192 Å². The minimum absolute atomic E-state index is 0.188. The van der Waals surface area contributed by atoms with Crippen LogP contribution in [-0.4, -0.2) is 43.5 Å². The van der Waals surface area contributed by atoms with Gasteiger partial charge in [0.1, 0.15) is 23.4 Å². The minimum atomic E-state index is -0.757. The number of rotatable bonds is 10. The molecule has 1 atom stereocenters. The lowest BCUT2D eigenvalue weighted by Crippen LogP contribution is -2.51. The van der Waals surface area contributed by atoms with Gasteiger partial charge in [-0.25, -0.2) is 4.39 Å². The van der Waals surface area contributed by atoms with Gasteiger partial charge in [-0.1, -0.05) is 42.5 Å². The van der Waals surface area contributed by atoms with Gasteiger partial charge in [-0.05, 0) is 47.5 Å². The van der Waals surface area contributed by atoms with Crippen molar-refractivity contribution >= 4 is 11.8 Å². The van der Waals surface area contributed by atoms with Crippen LogP contribution in [0.3, 0.4) is 0 Å². The fourth-order valence-electron chi connectivity index (χ4n) is 3.45. The van der Waals surface area contributed by atoms with Crippen LogP contribution >= 0.6 is 0 Å². The summed E-state index contributed by atoms with van der Waals surface area (Å²) in [5, 5.41) is 2.67. The van der Waals surface area contributed by atoms with Crippen molar-refractivity contribution in [3.63, 3.8) is 0 Å². The lowest BCUT2D eigenvalue weighted by Gasteiger charge is -2.31. The van der Waals surface area contributed by atoms with Gasteiger partial charge in [-0.2, -0.15) is 0 Å². The Morgan fingerprint density at radius 2 is 1.64 bits per heavy atom. The Morgan fingerprint density at radius 3 is 2.30 bits per heavy atom. The highest BCUT2D eigenvalue weighted by Gasteiger charge is 2.30. The van der Waals surface area contributed by atoms with E-state index in [0.717, 1.165) is 11.1 Å². The molecule has 0 fully saturated rings. The van der Waals surface area contributed by atoms with Crippen molar-refractivity contribution in [2.45, 2.75) is 19.0 Å². The second-order valence-corrected chi connectivity index (χ2v) is 7.44. The molecule has 3 aromatic carbocycles. The van der Waals surface area contributed by atoms with E-state index in [4.69, 9.17) is 9.47 Å². The second kappa shape index (κ2) is 11.7. The highest BCUT2D eigenvalue weighted by atomic mass is 19.1. The zero-order valence-corrected chi connectivity index (χ0v) is 18.7. The fraction of sp³-hybridized carbons (Fsp3) is 0.231. The number of carbonyl (C=O) groups excluding carboxylic acids is 2. The molecule has 2 amide bonds. The molecule has 0 radical (unpaired) electrons. The molecule has 7 heteroatoms. The predicted octanol–water partition coefficient (Wildman–Crippen LogP) is 3.60. The first-order chi connectivity index (χ1) is 16.0. The topological polar surface area (TPSA) is 67.9 Å². The van der Waals surface area contributed by atoms with Gasteiger partial charge in [0.05, 0.1) is 7.11 Å². The zero-order chi connectivity index (χ0) is 23.6. The van der Waals surface area contributed by atoms with Crippen molar-refractivity contribution < 1.29 is 23.5 Å². The molecule has 0 bridgehead atoms. The molecule has 0 saturated heterocycles. The van der Waals surface area contributed by atoms with E-state index >= 15 is 0 Å². The summed E-state index contributed by atoms with van der Waals surface area (Å²) in [4.78, 5) is 27.7. The van der Waals surface area contributed by atoms with Gasteiger partial charge in [0.2, 0.25) is 5.91 Å². The van der Waals surface area contributed by atoms with E-state index < -0.39 is 11.9 Å². The number of carbonyl (C=O) groups is 2. The maximum absolute atomic E-state index is 13.3. The molecule has 0 aromatic heterocycles. The van der Waals surface area contributed by atoms with Crippen LogP contribution in [0.25, 0.3) is 0 Å². The summed E-state index contributed by atoms with van der Waals surface area (Å²) in [5.41, 5.74) is 1.74. The first kappa shape index (κ1) is 23.8. The van der Waals surface area contributed by atoms with Crippen molar-refractivity contribution in [3.8, 4) is 11.5 Å². The molecule has 0 aliphatic heterocycles. The average molecular weight is 451 g/mol. The standard InChI is InChI=1S/C26H27FN2O4/c1-28-26(31)24(16-19-7-4-3-5-8-19)29(17-20-9-6-10-23(15-20)32-2)25(30)18-33-22-13-11-21(27)12-14-22/h3-15,24H,16-18H2,1-2H3,(H,28,31)/t24-/m0/s1. The largest absolute Gasteiger partial charge is 0.497 e. The first-order valence-electron chi connectivity index (χ1n) is 10.6. The lowest BCUT2D eigenvalue weighted by molar-refractivity contribution is -0.142. The van der Waals surface area contributed by atoms with E-state index in [9.17, 15) is 14.0 Å². The Balaban J connectivity index is 1.87. The van der Waals surface area contributed by atoms with Crippen LogP contribution in [-0.2, 0) is 22.6 Å². The van der Waals surface area contributed by atoms with E-state index in [2.05, 4.69) is 5.32 Å². The summed E-state index contributed by atoms with van der Waals surface area (Å²) < 4.78 is 24.1. The molecule has 1 N–H and O–H groups in total. The Bertz CT molecular complexity index is 1060. The highest BCUT2D eigenvalue weighted by Crippen LogP contribution is 2.19. The monoisotopic (exact) mass is 450 g/mol. The van der Waals surface area contributed by atoms with E-state index in [1.54, 1.807) is 14.2 Å². The lowest BCUT2D eigenvalue weighted by atomic mass is 10.0. The van der Waals surface area contributed by atoms with Crippen LogP contribution in [0.4, 0.5) is 4.39 Å². The van der Waals surface area contributed by atoms with Crippen molar-refractivity contribution in [1.82, 2.24) is 10.2 Å². The second-order valence-electron chi connectivity index (χ2n) is 7.44. The molecule has 6 nitrogen and oxygen atoms in total. The van der Waals surface area contributed by atoms with Crippen molar-refractivity contribution in [3.05, 3.63) is 95.8 Å². The SMILES string of the molecule is CNC(=O)[C@H](Cc1ccccc1)N(Cc1cccc(OC)c1)C(=O)COc1ccc(F)cc1. The summed E-state index contributed by atoms with van der Waals surface area (Å²) in [5.74, 6) is -0.0212. The van der Waals surface area contributed by atoms with E-state index in [1.807, 2.05) is 54.6 Å². The molecule has 0 unspecified atom stereocenters. The van der Waals surface area contributed by atoms with Gasteiger partial charge in [0, 0.05) is 20.0 Å². The zero-order valence-electron chi connectivity index (χ0n) is 18.7. The molecule has 33 heavy (non-hydrogen) atoms. The number of nitrogens with zero attached hydrogens (tertiary/aromatic N) is 1. The maximum atomic E-state index is 13.3. The van der Waals surface area contributed by atoms with Crippen molar-refractivity contribution in [1.29, 1.82) is 0 Å². The first-order valence-corrected chi connectivity index (χ1v) is 10.6. The third-order valence-corrected chi connectivity index (χ3v) is 5.18. The molecule has 3 rings (SSSR count). The maximum Gasteiger partial charge on any atom is 0.261 e. The summed E-state index contributed by atoms with van der Waals surface area (Å²) in [7, 11) is 3.12. The third kappa shape index (κ3) is 6.80. The van der Waals surface area contributed by atoms with E-state index in [1.165, 1.54) is 29.2 Å². The molecule has 0 aliphatic rings. The van der Waals surface area contributed by atoms with Crippen LogP contribution in [0, 0.1) is 5.82 Å². The molecular weight excluding hydrogens is 423 g/mol. The van der Waals surface area contributed by atoms with Crippen LogP contribution in [0.15, 0.2) is 78.9 Å². The van der Waals surface area contributed by atoms with Gasteiger partial charge in [-0.15, -0.1) is 0 Å². The number of ether oxygens (including phenoxy) is 2. The third-order valence-electron chi connectivity index (χ3n) is 5.18. The number of benzene rings is 3. The molecule has 0 spiro atoms. The van der Waals surface area contributed by atoms with Crippen LogP contribution in [0.2, 0.25) is 0 Å². The van der Waals surface area contributed by atoms with Crippen molar-refractivity contribution in [2.24, 2.45) is 0 Å². The number of halogens is 1. The number of hydrogen-bond acceptors (Lipinski definition) is 4. The Kier molecular flexibility index (Phi) is 8.41. The van der Waals surface area contributed by atoms with E-state index in [-0.39, 0.29) is 25.0 Å². The molecule has 3 aromatic rings. The van der Waals surface area contributed by atoms with Crippen LogP contribution < -0.4 is 14.8 Å². The van der Waals surface area contributed by atoms with Gasteiger partial charge >= 0.3 is 0 Å². The van der Waals surface area contributed by atoms with E-state index in [0.29, 0.717) is 17.9 Å². The summed E-state index contributed by atoms with van der Waals surface area (Å²) in [6, 6.07) is 21.5. The highest BCUT2D eigenvalue weighted by molar-refractivity contribution is 5.88. The molecular formula is C26H27FN2O4. The summed E-state index contributed by atoms with van der Waals surface area (Å²) in [6.45, 7) is -0.106. The minimum Gasteiger partial charge on any atom is -0.497 e. The normalized spacial score (nSPS) is 11.4. The Morgan fingerprint density at radius 1 is 0.939 bits per heavy atom. The smallest absolute Gasteiger partial charge is 0.261 e. The predicted molar refractivity (Wildman–Crippen MR) is 123 cm³/mol. The molecule has 0 aliphatic carbocycles. The fourth-order valence-corrected chi connectivity index (χ4v) is 3.45. The summed E-state index contributed by atoms with van der Waals surface area (Å²) >= 11 is 0. The van der Waals surface area contributed by atoms with Gasteiger partial charge in [0.15, 0.2) is 6.61 Å². The van der Waals surface area contributed by atoms with Gasteiger partial charge in [-0.3, -0.25) is 9.59 Å². The van der Waals surface area contributed by atoms with Crippen LogP contribution in [0.1, 0.15) is 11.1 Å². The molecule has 172 valence electrons. The van der Waals surface area contributed by atoms with Crippen molar-refractivity contribution in [2.75, 3.05) is 20.8 Å². The molecule has 0 heterocycles. The number of methoxy groups -OCH3 is 1. The number of likely N-dealkylation sites (N-methyl/N-ethyl adjacent to an activating group) is 1. The summed E-state index contributed by atoms with van der Waals surface area (Å²) in [6.07, 6.45) is 0.340. The van der Waals surface area contributed by atoms with Gasteiger partial charge < -0.3 is 19.7 Å². The average Bonchev–Trinajstić information content (AvgIpc) is 2.86. The van der Waals surface area contributed by atoms with Crippen LogP contribution in [0.5, 0.6) is 11.5 Å².